The average molecular weight is 242 g/mol. The first-order valence-corrected chi connectivity index (χ1v) is 6.78. The Kier molecular flexibility index (Phi) is 4.49. The van der Waals surface area contributed by atoms with Crippen LogP contribution in [0.1, 0.15) is 17.3 Å². The third kappa shape index (κ3) is 4.02. The van der Waals surface area contributed by atoms with Crippen LogP contribution in [0.4, 0.5) is 0 Å². The minimum Gasteiger partial charge on any atom is -0.493 e. The quantitative estimate of drug-likeness (QED) is 0.706. The van der Waals surface area contributed by atoms with Crippen molar-refractivity contribution in [3.05, 3.63) is 29.8 Å². The van der Waals surface area contributed by atoms with Gasteiger partial charge in [0.15, 0.2) is 9.84 Å². The van der Waals surface area contributed by atoms with Gasteiger partial charge in [-0.2, -0.15) is 0 Å². The normalized spacial score (nSPS) is 11.1. The highest BCUT2D eigenvalue weighted by Gasteiger charge is 2.07. The lowest BCUT2D eigenvalue weighted by molar-refractivity contribution is 0.112. The van der Waals surface area contributed by atoms with Gasteiger partial charge in [-0.3, -0.25) is 4.79 Å². The summed E-state index contributed by atoms with van der Waals surface area (Å²) >= 11 is 0. The van der Waals surface area contributed by atoms with Crippen molar-refractivity contribution in [1.29, 1.82) is 0 Å². The zero-order chi connectivity index (χ0) is 12.0. The van der Waals surface area contributed by atoms with Gasteiger partial charge < -0.3 is 4.74 Å². The molecule has 4 nitrogen and oxygen atoms in total. The number of sulfone groups is 1. The van der Waals surface area contributed by atoms with E-state index in [4.69, 9.17) is 4.74 Å². The number of ether oxygens (including phenoxy) is 1. The number of hydrogen-bond donors (Lipinski definition) is 0. The van der Waals surface area contributed by atoms with Crippen molar-refractivity contribution in [3.8, 4) is 5.75 Å². The van der Waals surface area contributed by atoms with Crippen molar-refractivity contribution in [2.75, 3.05) is 18.1 Å². The minimum atomic E-state index is -3.00. The predicted molar refractivity (Wildman–Crippen MR) is 61.7 cm³/mol. The number of benzene rings is 1. The van der Waals surface area contributed by atoms with Crippen LogP contribution in [0.3, 0.4) is 0 Å². The van der Waals surface area contributed by atoms with Crippen molar-refractivity contribution >= 4 is 16.1 Å². The number of aldehydes is 1. The second kappa shape index (κ2) is 5.65. The summed E-state index contributed by atoms with van der Waals surface area (Å²) in [4.78, 5) is 10.5. The Hall–Kier alpha value is -1.36. The fraction of sp³-hybridized carbons (Fsp3) is 0.364. The van der Waals surface area contributed by atoms with Crippen LogP contribution < -0.4 is 4.74 Å². The third-order valence-corrected chi connectivity index (χ3v) is 3.77. The molecule has 0 spiro atoms. The van der Waals surface area contributed by atoms with Gasteiger partial charge in [-0.25, -0.2) is 8.42 Å². The van der Waals surface area contributed by atoms with Crippen LogP contribution >= 0.6 is 0 Å². The summed E-state index contributed by atoms with van der Waals surface area (Å²) in [5.41, 5.74) is 0.510. The van der Waals surface area contributed by atoms with Gasteiger partial charge in [-0.15, -0.1) is 0 Å². The van der Waals surface area contributed by atoms with E-state index < -0.39 is 9.84 Å². The molecule has 0 fully saturated rings. The van der Waals surface area contributed by atoms with E-state index in [1.807, 2.05) is 0 Å². The highest BCUT2D eigenvalue weighted by molar-refractivity contribution is 7.91. The Morgan fingerprint density at radius 2 is 2.12 bits per heavy atom. The first kappa shape index (κ1) is 12.7. The van der Waals surface area contributed by atoms with Gasteiger partial charge in [0.05, 0.1) is 5.75 Å². The molecule has 0 aliphatic heterocycles. The number of hydrogen-bond acceptors (Lipinski definition) is 4. The Labute approximate surface area is 95.2 Å². The number of carbonyl (C=O) groups is 1. The molecule has 0 atom stereocenters. The van der Waals surface area contributed by atoms with E-state index in [1.165, 1.54) is 0 Å². The zero-order valence-electron chi connectivity index (χ0n) is 9.05. The molecule has 0 aliphatic rings. The molecule has 16 heavy (non-hydrogen) atoms. The van der Waals surface area contributed by atoms with Gasteiger partial charge in [0, 0.05) is 11.3 Å². The number of carbonyl (C=O) groups excluding carboxylic acids is 1. The second-order valence-corrected chi connectivity index (χ2v) is 5.75. The first-order valence-electron chi connectivity index (χ1n) is 4.96. The Bertz CT molecular complexity index is 451. The Balaban J connectivity index is 2.52. The van der Waals surface area contributed by atoms with E-state index in [-0.39, 0.29) is 18.1 Å². The maximum absolute atomic E-state index is 11.2. The summed E-state index contributed by atoms with van der Waals surface area (Å²) in [5, 5.41) is 0. The summed E-state index contributed by atoms with van der Waals surface area (Å²) in [5.74, 6) is 0.621. The molecule has 1 aromatic carbocycles. The molecule has 0 amide bonds. The smallest absolute Gasteiger partial charge is 0.153 e. The van der Waals surface area contributed by atoms with E-state index in [2.05, 4.69) is 0 Å². The SMILES string of the molecule is CCS(=O)(=O)CCOc1cccc(C=O)c1. The van der Waals surface area contributed by atoms with Crippen molar-refractivity contribution in [2.24, 2.45) is 0 Å². The average Bonchev–Trinajstić information content (AvgIpc) is 2.29. The molecular formula is C11H14O4S. The molecule has 0 unspecified atom stereocenters. The topological polar surface area (TPSA) is 60.4 Å². The molecule has 0 heterocycles. The summed E-state index contributed by atoms with van der Waals surface area (Å²) < 4.78 is 27.6. The molecular weight excluding hydrogens is 228 g/mol. The van der Waals surface area contributed by atoms with Crippen LogP contribution in [0.2, 0.25) is 0 Å². The lowest BCUT2D eigenvalue weighted by atomic mass is 10.2. The fourth-order valence-corrected chi connectivity index (χ4v) is 1.73. The van der Waals surface area contributed by atoms with Crippen LogP contribution in [-0.4, -0.2) is 32.8 Å². The van der Waals surface area contributed by atoms with Gasteiger partial charge >= 0.3 is 0 Å². The van der Waals surface area contributed by atoms with E-state index in [1.54, 1.807) is 31.2 Å². The molecule has 0 saturated heterocycles. The van der Waals surface area contributed by atoms with Crippen LogP contribution in [-0.2, 0) is 9.84 Å². The van der Waals surface area contributed by atoms with Crippen LogP contribution in [0.15, 0.2) is 24.3 Å². The molecule has 1 rings (SSSR count). The third-order valence-electron chi connectivity index (χ3n) is 2.10. The molecule has 0 saturated carbocycles. The largest absolute Gasteiger partial charge is 0.493 e. The molecule has 88 valence electrons. The lowest BCUT2D eigenvalue weighted by Crippen LogP contribution is -2.15. The Morgan fingerprint density at radius 1 is 1.38 bits per heavy atom. The molecule has 0 bridgehead atoms. The minimum absolute atomic E-state index is 0.00514. The van der Waals surface area contributed by atoms with E-state index in [9.17, 15) is 13.2 Å². The summed E-state index contributed by atoms with van der Waals surface area (Å²) in [6, 6.07) is 6.60. The molecule has 0 aliphatic carbocycles. The molecule has 5 heteroatoms. The monoisotopic (exact) mass is 242 g/mol. The maximum atomic E-state index is 11.2. The number of rotatable bonds is 6. The zero-order valence-corrected chi connectivity index (χ0v) is 9.87. The van der Waals surface area contributed by atoms with Crippen molar-refractivity contribution in [1.82, 2.24) is 0 Å². The molecule has 0 radical (unpaired) electrons. The summed E-state index contributed by atoms with van der Waals surface area (Å²) in [6.45, 7) is 1.71. The summed E-state index contributed by atoms with van der Waals surface area (Å²) in [7, 11) is -3.00. The summed E-state index contributed by atoms with van der Waals surface area (Å²) in [6.07, 6.45) is 0.718. The molecule has 1 aromatic rings. The lowest BCUT2D eigenvalue weighted by Gasteiger charge is -2.06. The van der Waals surface area contributed by atoms with Crippen molar-refractivity contribution in [2.45, 2.75) is 6.92 Å². The second-order valence-electron chi connectivity index (χ2n) is 3.28. The van der Waals surface area contributed by atoms with Gasteiger partial charge in [0.2, 0.25) is 0 Å². The van der Waals surface area contributed by atoms with Gasteiger partial charge in [-0.1, -0.05) is 19.1 Å². The van der Waals surface area contributed by atoms with E-state index >= 15 is 0 Å². The van der Waals surface area contributed by atoms with Crippen LogP contribution in [0, 0.1) is 0 Å². The van der Waals surface area contributed by atoms with Gasteiger partial charge in [0.1, 0.15) is 18.6 Å². The van der Waals surface area contributed by atoms with Gasteiger partial charge in [0.25, 0.3) is 0 Å². The van der Waals surface area contributed by atoms with Crippen LogP contribution in [0.25, 0.3) is 0 Å². The van der Waals surface area contributed by atoms with Crippen LogP contribution in [0.5, 0.6) is 5.75 Å². The standard InChI is InChI=1S/C11H14O4S/c1-2-16(13,14)7-6-15-11-5-3-4-10(8-11)9-12/h3-5,8-9H,2,6-7H2,1H3. The van der Waals surface area contributed by atoms with Crippen molar-refractivity contribution in [3.63, 3.8) is 0 Å². The first-order chi connectivity index (χ1) is 7.57. The van der Waals surface area contributed by atoms with E-state index in [0.29, 0.717) is 11.3 Å². The fourth-order valence-electron chi connectivity index (χ4n) is 1.11. The molecule has 0 aromatic heterocycles. The van der Waals surface area contributed by atoms with Gasteiger partial charge in [-0.05, 0) is 12.1 Å². The highest BCUT2D eigenvalue weighted by Crippen LogP contribution is 2.11. The van der Waals surface area contributed by atoms with Crippen molar-refractivity contribution < 1.29 is 17.9 Å². The Morgan fingerprint density at radius 3 is 2.75 bits per heavy atom. The maximum Gasteiger partial charge on any atom is 0.153 e. The predicted octanol–water partition coefficient (Wildman–Crippen LogP) is 1.31. The van der Waals surface area contributed by atoms with E-state index in [0.717, 1.165) is 6.29 Å². The highest BCUT2D eigenvalue weighted by atomic mass is 32.2. The molecule has 0 N–H and O–H groups in total.